The Morgan fingerprint density at radius 3 is 2.47 bits per heavy atom. The highest BCUT2D eigenvalue weighted by Gasteiger charge is 2.03. The summed E-state index contributed by atoms with van der Waals surface area (Å²) in [5.74, 6) is -0.361. The van der Waals surface area contributed by atoms with E-state index in [9.17, 15) is 8.42 Å². The van der Waals surface area contributed by atoms with Gasteiger partial charge in [0, 0.05) is 13.1 Å². The van der Waals surface area contributed by atoms with E-state index in [1.54, 1.807) is 0 Å². The summed E-state index contributed by atoms with van der Waals surface area (Å²) in [6.07, 6.45) is 0. The molecule has 1 aromatic carbocycles. The maximum Gasteiger partial charge on any atom is 0.266 e. The van der Waals surface area contributed by atoms with Crippen molar-refractivity contribution in [1.29, 1.82) is 0 Å². The zero-order chi connectivity index (χ0) is 12.7. The minimum absolute atomic E-state index is 0.0828. The van der Waals surface area contributed by atoms with E-state index in [4.69, 9.17) is 16.8 Å². The summed E-state index contributed by atoms with van der Waals surface area (Å²) in [7, 11) is -3.94. The SMILES string of the molecule is O=S(=O)(O)CCNC(=S)NCc1ccccc1. The third-order valence-corrected chi connectivity index (χ3v) is 2.95. The zero-order valence-corrected chi connectivity index (χ0v) is 10.7. The van der Waals surface area contributed by atoms with E-state index in [1.807, 2.05) is 30.3 Å². The van der Waals surface area contributed by atoms with Crippen molar-refractivity contribution < 1.29 is 13.0 Å². The van der Waals surface area contributed by atoms with Gasteiger partial charge in [0.05, 0.1) is 5.75 Å². The topological polar surface area (TPSA) is 78.4 Å². The molecule has 0 saturated heterocycles. The van der Waals surface area contributed by atoms with Crippen LogP contribution in [0.2, 0.25) is 0 Å². The van der Waals surface area contributed by atoms with Crippen LogP contribution < -0.4 is 10.6 Å². The van der Waals surface area contributed by atoms with Gasteiger partial charge in [-0.25, -0.2) is 0 Å². The minimum atomic E-state index is -3.94. The van der Waals surface area contributed by atoms with Gasteiger partial charge in [0.25, 0.3) is 10.1 Å². The molecule has 0 aliphatic carbocycles. The predicted molar refractivity (Wildman–Crippen MR) is 70.3 cm³/mol. The van der Waals surface area contributed by atoms with Gasteiger partial charge in [0.2, 0.25) is 0 Å². The first-order valence-corrected chi connectivity index (χ1v) is 7.00. The molecule has 1 aromatic rings. The van der Waals surface area contributed by atoms with Crippen molar-refractivity contribution in [2.45, 2.75) is 6.54 Å². The maximum atomic E-state index is 10.4. The summed E-state index contributed by atoms with van der Waals surface area (Å²) < 4.78 is 29.4. The van der Waals surface area contributed by atoms with Crippen LogP contribution in [0.1, 0.15) is 5.56 Å². The van der Waals surface area contributed by atoms with Crippen LogP contribution in [0.15, 0.2) is 30.3 Å². The molecule has 0 radical (unpaired) electrons. The minimum Gasteiger partial charge on any atom is -0.362 e. The highest BCUT2D eigenvalue weighted by Crippen LogP contribution is 1.96. The molecule has 0 atom stereocenters. The van der Waals surface area contributed by atoms with E-state index in [0.717, 1.165) is 5.56 Å². The molecule has 0 spiro atoms. The van der Waals surface area contributed by atoms with E-state index < -0.39 is 10.1 Å². The second-order valence-corrected chi connectivity index (χ2v) is 5.36. The third-order valence-electron chi connectivity index (χ3n) is 1.94. The van der Waals surface area contributed by atoms with Crippen LogP contribution in [0.3, 0.4) is 0 Å². The molecule has 7 heteroatoms. The fraction of sp³-hybridized carbons (Fsp3) is 0.300. The highest BCUT2D eigenvalue weighted by molar-refractivity contribution is 7.85. The number of thiocarbonyl (C=S) groups is 1. The lowest BCUT2D eigenvalue weighted by Gasteiger charge is -2.09. The largest absolute Gasteiger partial charge is 0.362 e. The summed E-state index contributed by atoms with van der Waals surface area (Å²) >= 11 is 4.94. The predicted octanol–water partition coefficient (Wildman–Crippen LogP) is 0.538. The number of nitrogens with one attached hydrogen (secondary N) is 2. The summed E-state index contributed by atoms with van der Waals surface area (Å²) in [4.78, 5) is 0. The van der Waals surface area contributed by atoms with Crippen LogP contribution in [0, 0.1) is 0 Å². The lowest BCUT2D eigenvalue weighted by atomic mass is 10.2. The van der Waals surface area contributed by atoms with E-state index in [-0.39, 0.29) is 12.3 Å². The van der Waals surface area contributed by atoms with Crippen molar-refractivity contribution in [2.75, 3.05) is 12.3 Å². The van der Waals surface area contributed by atoms with Crippen LogP contribution in [0.5, 0.6) is 0 Å². The first-order chi connectivity index (χ1) is 7.97. The Morgan fingerprint density at radius 2 is 1.88 bits per heavy atom. The maximum absolute atomic E-state index is 10.4. The smallest absolute Gasteiger partial charge is 0.266 e. The number of benzene rings is 1. The Bertz CT molecular complexity index is 460. The van der Waals surface area contributed by atoms with Gasteiger partial charge >= 0.3 is 0 Å². The molecule has 0 unspecified atom stereocenters. The molecule has 5 nitrogen and oxygen atoms in total. The van der Waals surface area contributed by atoms with E-state index in [0.29, 0.717) is 11.7 Å². The normalized spacial score (nSPS) is 10.9. The first-order valence-electron chi connectivity index (χ1n) is 4.98. The third kappa shape index (κ3) is 6.88. The van der Waals surface area contributed by atoms with Crippen molar-refractivity contribution >= 4 is 27.4 Å². The van der Waals surface area contributed by atoms with Gasteiger partial charge in [-0.2, -0.15) is 8.42 Å². The standard InChI is InChI=1S/C10H14N2O3S2/c13-17(14,15)7-6-11-10(16)12-8-9-4-2-1-3-5-9/h1-5H,6-8H2,(H2,11,12,16)(H,13,14,15). The lowest BCUT2D eigenvalue weighted by Crippen LogP contribution is -2.37. The Morgan fingerprint density at radius 1 is 1.24 bits per heavy atom. The molecule has 17 heavy (non-hydrogen) atoms. The molecule has 0 bridgehead atoms. The van der Waals surface area contributed by atoms with Crippen molar-refractivity contribution in [3.63, 3.8) is 0 Å². The Kier molecular flexibility index (Phi) is 5.33. The second-order valence-electron chi connectivity index (χ2n) is 3.38. The average Bonchev–Trinajstić information content (AvgIpc) is 2.26. The second kappa shape index (κ2) is 6.53. The lowest BCUT2D eigenvalue weighted by molar-refractivity contribution is 0.482. The number of rotatable bonds is 5. The summed E-state index contributed by atoms with van der Waals surface area (Å²) in [5, 5.41) is 5.98. The summed E-state index contributed by atoms with van der Waals surface area (Å²) in [6, 6.07) is 9.67. The summed E-state index contributed by atoms with van der Waals surface area (Å²) in [6.45, 7) is 0.651. The molecular formula is C10H14N2O3S2. The molecule has 0 aliphatic rings. The monoisotopic (exact) mass is 274 g/mol. The molecule has 0 amide bonds. The molecule has 1 rings (SSSR count). The van der Waals surface area contributed by atoms with Crippen molar-refractivity contribution in [3.8, 4) is 0 Å². The van der Waals surface area contributed by atoms with Crippen molar-refractivity contribution in [2.24, 2.45) is 0 Å². The van der Waals surface area contributed by atoms with Crippen molar-refractivity contribution in [1.82, 2.24) is 10.6 Å². The molecule has 0 heterocycles. The van der Waals surface area contributed by atoms with Gasteiger partial charge in [-0.1, -0.05) is 30.3 Å². The molecule has 0 aromatic heterocycles. The van der Waals surface area contributed by atoms with Gasteiger partial charge in [0.15, 0.2) is 5.11 Å². The van der Waals surface area contributed by atoms with Crippen LogP contribution in [-0.4, -0.2) is 30.4 Å². The fourth-order valence-corrected chi connectivity index (χ4v) is 1.67. The van der Waals surface area contributed by atoms with Gasteiger partial charge < -0.3 is 10.6 Å². The summed E-state index contributed by atoms with van der Waals surface area (Å²) in [5.41, 5.74) is 1.08. The Balaban J connectivity index is 2.22. The molecule has 94 valence electrons. The van der Waals surface area contributed by atoms with Gasteiger partial charge in [-0.05, 0) is 17.8 Å². The molecule has 0 fully saturated rings. The van der Waals surface area contributed by atoms with Crippen LogP contribution in [0.25, 0.3) is 0 Å². The molecule has 3 N–H and O–H groups in total. The van der Waals surface area contributed by atoms with Crippen LogP contribution in [0.4, 0.5) is 0 Å². The fourth-order valence-electron chi connectivity index (χ4n) is 1.13. The van der Waals surface area contributed by atoms with Gasteiger partial charge in [-0.15, -0.1) is 0 Å². The van der Waals surface area contributed by atoms with E-state index in [1.165, 1.54) is 0 Å². The number of hydrogen-bond donors (Lipinski definition) is 3. The average molecular weight is 274 g/mol. The Labute approximate surface area is 106 Å². The quantitative estimate of drug-likeness (QED) is 0.537. The Hall–Kier alpha value is -1.18. The van der Waals surface area contributed by atoms with Crippen molar-refractivity contribution in [3.05, 3.63) is 35.9 Å². The first kappa shape index (κ1) is 13.9. The van der Waals surface area contributed by atoms with Gasteiger partial charge in [-0.3, -0.25) is 4.55 Å². The van der Waals surface area contributed by atoms with Crippen LogP contribution >= 0.6 is 12.2 Å². The van der Waals surface area contributed by atoms with Gasteiger partial charge in [0.1, 0.15) is 0 Å². The highest BCUT2D eigenvalue weighted by atomic mass is 32.2. The molecule has 0 aliphatic heterocycles. The molecule has 0 saturated carbocycles. The zero-order valence-electron chi connectivity index (χ0n) is 9.09. The number of hydrogen-bond acceptors (Lipinski definition) is 3. The van der Waals surface area contributed by atoms with E-state index >= 15 is 0 Å². The van der Waals surface area contributed by atoms with Crippen LogP contribution in [-0.2, 0) is 16.7 Å². The van der Waals surface area contributed by atoms with E-state index in [2.05, 4.69) is 10.6 Å². The molecular weight excluding hydrogens is 260 g/mol.